The van der Waals surface area contributed by atoms with Crippen LogP contribution in [0.4, 0.5) is 5.69 Å². The van der Waals surface area contributed by atoms with Gasteiger partial charge in [-0.2, -0.15) is 4.98 Å². The lowest BCUT2D eigenvalue weighted by Gasteiger charge is -2.09. The molecule has 0 aliphatic carbocycles. The molecule has 1 heterocycles. The van der Waals surface area contributed by atoms with Crippen molar-refractivity contribution in [2.45, 2.75) is 26.8 Å². The van der Waals surface area contributed by atoms with Gasteiger partial charge in [-0.05, 0) is 67.5 Å². The van der Waals surface area contributed by atoms with E-state index in [0.29, 0.717) is 30.0 Å². The average Bonchev–Trinajstić information content (AvgIpc) is 3.17. The standard InChI is InChI=1S/C20H22N4O2S/c1-3-14-5-9-16(10-6-14)22-20(27)21-13-18-23-19(24-26-18)15-7-11-17(12-8-15)25-4-2/h5-12H,3-4,13H2,1-2H3,(H2,21,22,27). The first-order valence-corrected chi connectivity index (χ1v) is 9.28. The molecule has 0 atom stereocenters. The molecule has 0 aliphatic rings. The van der Waals surface area contributed by atoms with E-state index >= 15 is 0 Å². The van der Waals surface area contributed by atoms with Gasteiger partial charge in [0.1, 0.15) is 5.75 Å². The Morgan fingerprint density at radius 1 is 1.07 bits per heavy atom. The first-order valence-electron chi connectivity index (χ1n) is 8.87. The Morgan fingerprint density at radius 3 is 2.48 bits per heavy atom. The van der Waals surface area contributed by atoms with Gasteiger partial charge in [-0.25, -0.2) is 0 Å². The third-order valence-electron chi connectivity index (χ3n) is 3.91. The van der Waals surface area contributed by atoms with E-state index in [9.17, 15) is 0 Å². The lowest BCUT2D eigenvalue weighted by Crippen LogP contribution is -2.28. The fourth-order valence-corrected chi connectivity index (χ4v) is 2.66. The Labute approximate surface area is 163 Å². The predicted molar refractivity (Wildman–Crippen MR) is 110 cm³/mol. The number of thiocarbonyl (C=S) groups is 1. The zero-order valence-electron chi connectivity index (χ0n) is 15.4. The Kier molecular flexibility index (Phi) is 6.38. The molecule has 3 rings (SSSR count). The van der Waals surface area contributed by atoms with E-state index in [-0.39, 0.29) is 0 Å². The number of hydrogen-bond acceptors (Lipinski definition) is 5. The van der Waals surface area contributed by atoms with Gasteiger partial charge in [-0.1, -0.05) is 24.2 Å². The van der Waals surface area contributed by atoms with E-state index in [1.807, 2.05) is 43.3 Å². The van der Waals surface area contributed by atoms with Crippen LogP contribution >= 0.6 is 12.2 Å². The van der Waals surface area contributed by atoms with E-state index in [1.165, 1.54) is 5.56 Å². The summed E-state index contributed by atoms with van der Waals surface area (Å²) in [5.74, 6) is 1.81. The molecule has 0 fully saturated rings. The molecular formula is C20H22N4O2S. The van der Waals surface area contributed by atoms with Crippen LogP contribution in [0, 0.1) is 0 Å². The van der Waals surface area contributed by atoms with Crippen LogP contribution in [0.3, 0.4) is 0 Å². The van der Waals surface area contributed by atoms with E-state index in [4.69, 9.17) is 21.5 Å². The summed E-state index contributed by atoms with van der Waals surface area (Å²) in [5.41, 5.74) is 3.09. The summed E-state index contributed by atoms with van der Waals surface area (Å²) in [6.45, 7) is 5.06. The van der Waals surface area contributed by atoms with Crippen molar-refractivity contribution >= 4 is 23.0 Å². The molecule has 0 spiro atoms. The summed E-state index contributed by atoms with van der Waals surface area (Å²) in [6, 6.07) is 15.7. The largest absolute Gasteiger partial charge is 0.494 e. The van der Waals surface area contributed by atoms with Crippen molar-refractivity contribution in [3.63, 3.8) is 0 Å². The number of hydrogen-bond donors (Lipinski definition) is 2. The quantitative estimate of drug-likeness (QED) is 0.594. The number of nitrogens with one attached hydrogen (secondary N) is 2. The van der Waals surface area contributed by atoms with Crippen LogP contribution in [-0.2, 0) is 13.0 Å². The van der Waals surface area contributed by atoms with Gasteiger partial charge in [0.2, 0.25) is 11.7 Å². The summed E-state index contributed by atoms with van der Waals surface area (Å²) in [5, 5.41) is 10.7. The summed E-state index contributed by atoms with van der Waals surface area (Å²) < 4.78 is 10.7. The number of ether oxygens (including phenoxy) is 1. The zero-order valence-corrected chi connectivity index (χ0v) is 16.2. The van der Waals surface area contributed by atoms with Crippen molar-refractivity contribution in [1.29, 1.82) is 0 Å². The second-order valence-electron chi connectivity index (χ2n) is 5.83. The van der Waals surface area contributed by atoms with Gasteiger partial charge in [0.05, 0.1) is 13.2 Å². The monoisotopic (exact) mass is 382 g/mol. The fourth-order valence-electron chi connectivity index (χ4n) is 2.47. The Bertz CT molecular complexity index is 876. The number of benzene rings is 2. The molecule has 2 N–H and O–H groups in total. The van der Waals surface area contributed by atoms with Crippen molar-refractivity contribution in [3.8, 4) is 17.1 Å². The van der Waals surface area contributed by atoms with E-state index in [0.717, 1.165) is 23.4 Å². The molecule has 1 aromatic heterocycles. The molecule has 7 heteroatoms. The highest BCUT2D eigenvalue weighted by molar-refractivity contribution is 7.80. The normalized spacial score (nSPS) is 10.4. The van der Waals surface area contributed by atoms with E-state index in [1.54, 1.807) is 0 Å². The molecule has 0 saturated heterocycles. The van der Waals surface area contributed by atoms with Crippen LogP contribution in [0.25, 0.3) is 11.4 Å². The maximum atomic E-state index is 5.43. The first kappa shape index (κ1) is 18.8. The van der Waals surface area contributed by atoms with E-state index in [2.05, 4.69) is 39.8 Å². The maximum absolute atomic E-state index is 5.43. The minimum absolute atomic E-state index is 0.350. The molecular weight excluding hydrogens is 360 g/mol. The average molecular weight is 382 g/mol. The highest BCUT2D eigenvalue weighted by Crippen LogP contribution is 2.20. The minimum atomic E-state index is 0.350. The second-order valence-corrected chi connectivity index (χ2v) is 6.24. The highest BCUT2D eigenvalue weighted by atomic mass is 32.1. The highest BCUT2D eigenvalue weighted by Gasteiger charge is 2.09. The maximum Gasteiger partial charge on any atom is 0.246 e. The van der Waals surface area contributed by atoms with Crippen molar-refractivity contribution < 1.29 is 9.26 Å². The van der Waals surface area contributed by atoms with Crippen molar-refractivity contribution in [2.75, 3.05) is 11.9 Å². The lowest BCUT2D eigenvalue weighted by molar-refractivity contribution is 0.340. The third kappa shape index (κ3) is 5.27. The fraction of sp³-hybridized carbons (Fsp3) is 0.250. The van der Waals surface area contributed by atoms with Gasteiger partial charge in [0.25, 0.3) is 0 Å². The molecule has 0 saturated carbocycles. The molecule has 140 valence electrons. The molecule has 27 heavy (non-hydrogen) atoms. The van der Waals surface area contributed by atoms with Gasteiger partial charge >= 0.3 is 0 Å². The van der Waals surface area contributed by atoms with Crippen LogP contribution in [-0.4, -0.2) is 21.9 Å². The van der Waals surface area contributed by atoms with Crippen LogP contribution in [0.2, 0.25) is 0 Å². The molecule has 6 nitrogen and oxygen atoms in total. The number of anilines is 1. The number of nitrogens with zero attached hydrogens (tertiary/aromatic N) is 2. The molecule has 0 unspecified atom stereocenters. The summed E-state index contributed by atoms with van der Waals surface area (Å²) in [4.78, 5) is 4.39. The van der Waals surface area contributed by atoms with Gasteiger partial charge in [-0.3, -0.25) is 0 Å². The lowest BCUT2D eigenvalue weighted by atomic mass is 10.1. The minimum Gasteiger partial charge on any atom is -0.494 e. The molecule has 0 amide bonds. The van der Waals surface area contributed by atoms with Crippen molar-refractivity contribution in [2.24, 2.45) is 0 Å². The molecule has 2 aromatic carbocycles. The first-order chi connectivity index (χ1) is 13.2. The number of rotatable bonds is 7. The molecule has 0 radical (unpaired) electrons. The van der Waals surface area contributed by atoms with Crippen LogP contribution in [0.15, 0.2) is 53.1 Å². The van der Waals surface area contributed by atoms with Crippen molar-refractivity contribution in [1.82, 2.24) is 15.5 Å². The Balaban J connectivity index is 1.53. The number of aromatic nitrogens is 2. The SMILES string of the molecule is CCOc1ccc(-c2noc(CNC(=S)Nc3ccc(CC)cc3)n2)cc1. The van der Waals surface area contributed by atoms with Crippen LogP contribution in [0.1, 0.15) is 25.3 Å². The van der Waals surface area contributed by atoms with Crippen LogP contribution in [0.5, 0.6) is 5.75 Å². The van der Waals surface area contributed by atoms with Gasteiger partial charge < -0.3 is 19.9 Å². The smallest absolute Gasteiger partial charge is 0.246 e. The number of aryl methyl sites for hydroxylation is 1. The second kappa shape index (κ2) is 9.14. The predicted octanol–water partition coefficient (Wildman–Crippen LogP) is 4.18. The van der Waals surface area contributed by atoms with Crippen molar-refractivity contribution in [3.05, 3.63) is 60.0 Å². The van der Waals surface area contributed by atoms with Gasteiger partial charge in [-0.15, -0.1) is 0 Å². The molecule has 0 bridgehead atoms. The zero-order chi connectivity index (χ0) is 19.1. The topological polar surface area (TPSA) is 72.2 Å². The Morgan fingerprint density at radius 2 is 1.81 bits per heavy atom. The van der Waals surface area contributed by atoms with E-state index < -0.39 is 0 Å². The molecule has 3 aromatic rings. The van der Waals surface area contributed by atoms with Crippen LogP contribution < -0.4 is 15.4 Å². The summed E-state index contributed by atoms with van der Waals surface area (Å²) in [7, 11) is 0. The summed E-state index contributed by atoms with van der Waals surface area (Å²) >= 11 is 5.31. The third-order valence-corrected chi connectivity index (χ3v) is 4.16. The van der Waals surface area contributed by atoms with Gasteiger partial charge in [0, 0.05) is 11.3 Å². The summed E-state index contributed by atoms with van der Waals surface area (Å²) in [6.07, 6.45) is 1.01. The Hall–Kier alpha value is -2.93. The van der Waals surface area contributed by atoms with Gasteiger partial charge in [0.15, 0.2) is 5.11 Å². The molecule has 0 aliphatic heterocycles.